The highest BCUT2D eigenvalue weighted by Crippen LogP contribution is 2.47. The smallest absolute Gasteiger partial charge is 0.457 e. The molecule has 2 aliphatic rings. The van der Waals surface area contributed by atoms with Crippen LogP contribution in [0.5, 0.6) is 11.5 Å². The van der Waals surface area contributed by atoms with Crippen molar-refractivity contribution in [2.24, 2.45) is 10.4 Å². The summed E-state index contributed by atoms with van der Waals surface area (Å²) in [5.74, 6) is 1.38. The third-order valence-electron chi connectivity index (χ3n) is 8.85. The van der Waals surface area contributed by atoms with E-state index in [0.29, 0.717) is 11.5 Å². The topological polar surface area (TPSA) is 46.0 Å². The molecule has 0 bridgehead atoms. The fraction of sp³-hybridized carbons (Fsp3) is 0.0233. The zero-order valence-electron chi connectivity index (χ0n) is 27.2. The lowest BCUT2D eigenvalue weighted by Gasteiger charge is -2.11. The van der Waals surface area contributed by atoms with Gasteiger partial charge in [-0.15, -0.1) is 0 Å². The van der Waals surface area contributed by atoms with Gasteiger partial charge in [-0.1, -0.05) is 97.1 Å². The van der Waals surface area contributed by atoms with Gasteiger partial charge in [-0.25, -0.2) is 0 Å². The molecular weight excluding hydrogens is 617 g/mol. The molecule has 50 heavy (non-hydrogen) atoms. The SMILES string of the molecule is C[N+]1=C=[N+](c2cccc(Oc3cccc([N+]4=C=[N+](c5c(-c6ccccc6)cccc5-c5ccccc5)c5c4ccc4ccccc54)c3)c2)N=N1. The van der Waals surface area contributed by atoms with Crippen LogP contribution in [0.25, 0.3) is 33.0 Å². The average Bonchev–Trinajstić information content (AvgIpc) is 3.80. The van der Waals surface area contributed by atoms with Crippen molar-refractivity contribution in [3.8, 4) is 33.8 Å². The van der Waals surface area contributed by atoms with Gasteiger partial charge in [0.1, 0.15) is 23.2 Å². The molecule has 0 aromatic heterocycles. The monoisotopic (exact) mass is 646 g/mol. The largest absolute Gasteiger partial charge is 0.503 e. The molecule has 0 spiro atoms. The molecule has 0 saturated heterocycles. The van der Waals surface area contributed by atoms with Crippen LogP contribution in [-0.4, -0.2) is 28.4 Å². The third-order valence-corrected chi connectivity index (χ3v) is 8.85. The summed E-state index contributed by atoms with van der Waals surface area (Å²) in [5.41, 5.74) is 9.40. The van der Waals surface area contributed by atoms with E-state index in [1.165, 1.54) is 4.68 Å². The van der Waals surface area contributed by atoms with E-state index in [2.05, 4.69) is 153 Å². The summed E-state index contributed by atoms with van der Waals surface area (Å²) in [6, 6.07) is 63.3. The van der Waals surface area contributed by atoms with Gasteiger partial charge in [0.25, 0.3) is 10.9 Å². The molecule has 0 atom stereocenters. The van der Waals surface area contributed by atoms with E-state index in [-0.39, 0.29) is 0 Å². The number of benzene rings is 7. The quantitative estimate of drug-likeness (QED) is 0.159. The number of para-hydroxylation sites is 1. The van der Waals surface area contributed by atoms with Gasteiger partial charge in [0.2, 0.25) is 17.1 Å². The molecule has 2 aliphatic heterocycles. The maximum Gasteiger partial charge on any atom is 0.503 e. The number of nitrogens with zero attached hydrogens (tertiary/aromatic N) is 6. The molecule has 0 unspecified atom stereocenters. The fourth-order valence-corrected chi connectivity index (χ4v) is 6.59. The first-order valence-electron chi connectivity index (χ1n) is 16.4. The highest BCUT2D eigenvalue weighted by molar-refractivity contribution is 6.06. The average molecular weight is 647 g/mol. The van der Waals surface area contributed by atoms with E-state index in [9.17, 15) is 0 Å². The van der Waals surface area contributed by atoms with Crippen molar-refractivity contribution in [3.05, 3.63) is 164 Å². The zero-order chi connectivity index (χ0) is 33.4. The Hall–Kier alpha value is -7.04. The molecular formula is C43H30N6O+4. The molecule has 7 aromatic carbocycles. The fourth-order valence-electron chi connectivity index (χ4n) is 6.59. The summed E-state index contributed by atoms with van der Waals surface area (Å²) in [4.78, 5) is 0. The molecule has 7 heteroatoms. The Morgan fingerprint density at radius 1 is 0.500 bits per heavy atom. The summed E-state index contributed by atoms with van der Waals surface area (Å²) in [6.45, 7) is 0. The van der Waals surface area contributed by atoms with Crippen LogP contribution in [-0.2, 0) is 0 Å². The van der Waals surface area contributed by atoms with E-state index in [4.69, 9.17) is 4.74 Å². The van der Waals surface area contributed by atoms with Gasteiger partial charge in [0.05, 0.1) is 22.6 Å². The molecule has 9 rings (SSSR count). The van der Waals surface area contributed by atoms with E-state index < -0.39 is 0 Å². The summed E-state index contributed by atoms with van der Waals surface area (Å²) >= 11 is 0. The summed E-state index contributed by atoms with van der Waals surface area (Å²) in [7, 11) is 1.78. The number of rotatable bonds is 7. The lowest BCUT2D eigenvalue weighted by atomic mass is 9.95. The second-order valence-electron chi connectivity index (χ2n) is 12.1. The zero-order valence-corrected chi connectivity index (χ0v) is 27.2. The van der Waals surface area contributed by atoms with Crippen LogP contribution in [0.2, 0.25) is 0 Å². The third kappa shape index (κ3) is 5.22. The second-order valence-corrected chi connectivity index (χ2v) is 12.1. The van der Waals surface area contributed by atoms with Crippen LogP contribution in [0.4, 0.5) is 28.4 Å². The van der Waals surface area contributed by atoms with Crippen molar-refractivity contribution in [3.63, 3.8) is 0 Å². The minimum Gasteiger partial charge on any atom is -0.457 e. The van der Waals surface area contributed by atoms with Crippen LogP contribution >= 0.6 is 0 Å². The van der Waals surface area contributed by atoms with Crippen molar-refractivity contribution in [2.45, 2.75) is 0 Å². The standard InChI is InChI=1S/C43H30N6O/c1-46-29-49(45-44-46)35-19-11-21-37(28-35)50-36-20-10-18-34(27-36)47-30-48(43-40-22-9-8-17-33(40)25-26-41(43)47)42-38(31-13-4-2-5-14-31)23-12-24-39(42)32-15-6-3-7-16-32/h2-28H,1H3/q+4. The first kappa shape index (κ1) is 29.1. The highest BCUT2D eigenvalue weighted by Gasteiger charge is 2.41. The Labute approximate surface area is 288 Å². The van der Waals surface area contributed by atoms with Crippen molar-refractivity contribution >= 4 is 51.2 Å². The Morgan fingerprint density at radius 3 is 1.80 bits per heavy atom. The van der Waals surface area contributed by atoms with Gasteiger partial charge >= 0.3 is 22.9 Å². The van der Waals surface area contributed by atoms with Crippen LogP contribution in [0, 0.1) is 0 Å². The molecule has 7 aromatic rings. The Bertz CT molecular complexity index is 2590. The predicted molar refractivity (Wildman–Crippen MR) is 198 cm³/mol. The lowest BCUT2D eigenvalue weighted by molar-refractivity contribution is -0.500. The summed E-state index contributed by atoms with van der Waals surface area (Å²) < 4.78 is 13.9. The van der Waals surface area contributed by atoms with Gasteiger partial charge < -0.3 is 4.74 Å². The van der Waals surface area contributed by atoms with Crippen LogP contribution in [0.15, 0.2) is 174 Å². The van der Waals surface area contributed by atoms with Crippen LogP contribution in [0.3, 0.4) is 0 Å². The van der Waals surface area contributed by atoms with Crippen molar-refractivity contribution in [1.29, 1.82) is 0 Å². The first-order chi connectivity index (χ1) is 24.7. The molecule has 0 radical (unpaired) electrons. The minimum absolute atomic E-state index is 0.679. The van der Waals surface area contributed by atoms with Crippen LogP contribution < -0.4 is 13.9 Å². The molecule has 2 heterocycles. The van der Waals surface area contributed by atoms with Gasteiger partial charge in [0, 0.05) is 18.2 Å². The molecule has 0 N–H and O–H groups in total. The predicted octanol–water partition coefficient (Wildman–Crippen LogP) is 10.6. The van der Waals surface area contributed by atoms with Crippen molar-refractivity contribution in [1.82, 2.24) is 9.15 Å². The second kappa shape index (κ2) is 12.2. The Balaban J connectivity index is 1.24. The van der Waals surface area contributed by atoms with Crippen molar-refractivity contribution in [2.75, 3.05) is 7.05 Å². The molecule has 0 aliphatic carbocycles. The Kier molecular flexibility index (Phi) is 7.11. The van der Waals surface area contributed by atoms with Gasteiger partial charge in [-0.05, 0) is 72.8 Å². The number of hydrogen-bond donors (Lipinski definition) is 0. The number of hydrogen-bond acceptors (Lipinski definition) is 3. The summed E-state index contributed by atoms with van der Waals surface area (Å²) in [6.07, 6.45) is 0. The lowest BCUT2D eigenvalue weighted by Crippen LogP contribution is -2.05. The van der Waals surface area contributed by atoms with Gasteiger partial charge in [-0.2, -0.15) is 0 Å². The van der Waals surface area contributed by atoms with E-state index in [0.717, 1.165) is 61.5 Å². The van der Waals surface area contributed by atoms with Gasteiger partial charge in [-0.3, -0.25) is 0 Å². The van der Waals surface area contributed by atoms with Crippen molar-refractivity contribution < 1.29 is 14.1 Å². The number of fused-ring (bicyclic) bond motifs is 3. The maximum atomic E-state index is 6.42. The van der Waals surface area contributed by atoms with Gasteiger partial charge in [0.15, 0.2) is 0 Å². The van der Waals surface area contributed by atoms with E-state index in [1.807, 2.05) is 42.5 Å². The minimum atomic E-state index is 0.679. The Morgan fingerprint density at radius 2 is 1.12 bits per heavy atom. The molecule has 234 valence electrons. The molecule has 0 fully saturated rings. The normalized spacial score (nSPS) is 13.1. The van der Waals surface area contributed by atoms with Crippen LogP contribution in [0.1, 0.15) is 0 Å². The summed E-state index contributed by atoms with van der Waals surface area (Å²) in [5, 5.41) is 10.4. The van der Waals surface area contributed by atoms with E-state index >= 15 is 0 Å². The van der Waals surface area contributed by atoms with E-state index in [1.54, 1.807) is 11.7 Å². The molecule has 0 amide bonds. The first-order valence-corrected chi connectivity index (χ1v) is 16.4. The molecule has 7 nitrogen and oxygen atoms in total. The molecule has 0 saturated carbocycles. The highest BCUT2D eigenvalue weighted by atomic mass is 16.5. The number of ether oxygens (including phenoxy) is 1. The maximum absolute atomic E-state index is 6.42.